The van der Waals surface area contributed by atoms with Gasteiger partial charge in [0.1, 0.15) is 5.82 Å². The maximum absolute atomic E-state index is 13.1. The van der Waals surface area contributed by atoms with Gasteiger partial charge in [0.05, 0.1) is 22.9 Å². The molecule has 10 heteroatoms. The van der Waals surface area contributed by atoms with Crippen molar-refractivity contribution in [3.05, 3.63) is 60.0 Å². The number of alkyl halides is 3. The summed E-state index contributed by atoms with van der Waals surface area (Å²) in [5.74, 6) is 0.385. The van der Waals surface area contributed by atoms with Gasteiger partial charge in [-0.3, -0.25) is 4.79 Å². The Morgan fingerprint density at radius 2 is 1.94 bits per heavy atom. The second kappa shape index (κ2) is 8.37. The van der Waals surface area contributed by atoms with Gasteiger partial charge in [0.25, 0.3) is 0 Å². The Morgan fingerprint density at radius 3 is 2.68 bits per heavy atom. The largest absolute Gasteiger partial charge is 0.416 e. The fourth-order valence-electron chi connectivity index (χ4n) is 3.65. The lowest BCUT2D eigenvalue weighted by Gasteiger charge is -2.31. The molecule has 1 unspecified atom stereocenters. The SMILES string of the molecule is Cc1cc(NC(=O)C2CCCN(c3ncccn3)C2)n(-c2cccc(C(F)(F)F)c2)n1. The topological polar surface area (TPSA) is 75.9 Å². The number of anilines is 2. The Labute approximate surface area is 176 Å². The van der Waals surface area contributed by atoms with E-state index in [1.165, 1.54) is 16.8 Å². The van der Waals surface area contributed by atoms with Crippen LogP contribution in [0, 0.1) is 12.8 Å². The zero-order valence-electron chi connectivity index (χ0n) is 16.8. The maximum Gasteiger partial charge on any atom is 0.416 e. The number of hydrogen-bond donors (Lipinski definition) is 1. The number of piperidine rings is 1. The summed E-state index contributed by atoms with van der Waals surface area (Å²) in [7, 11) is 0. The summed E-state index contributed by atoms with van der Waals surface area (Å²) in [6, 6.07) is 8.22. The first-order valence-electron chi connectivity index (χ1n) is 9.88. The highest BCUT2D eigenvalue weighted by molar-refractivity contribution is 5.92. The van der Waals surface area contributed by atoms with E-state index in [4.69, 9.17) is 0 Å². The quantitative estimate of drug-likeness (QED) is 0.681. The van der Waals surface area contributed by atoms with Crippen molar-refractivity contribution in [3.8, 4) is 5.69 Å². The van der Waals surface area contributed by atoms with E-state index in [9.17, 15) is 18.0 Å². The van der Waals surface area contributed by atoms with E-state index < -0.39 is 11.7 Å². The number of nitrogens with zero attached hydrogens (tertiary/aromatic N) is 5. The predicted molar refractivity (Wildman–Crippen MR) is 109 cm³/mol. The second-order valence-electron chi connectivity index (χ2n) is 7.45. The monoisotopic (exact) mass is 430 g/mol. The maximum atomic E-state index is 13.1. The van der Waals surface area contributed by atoms with Crippen molar-refractivity contribution in [3.63, 3.8) is 0 Å². The number of carbonyl (C=O) groups is 1. The van der Waals surface area contributed by atoms with Crippen LogP contribution in [0.25, 0.3) is 5.69 Å². The molecule has 7 nitrogen and oxygen atoms in total. The molecule has 1 fully saturated rings. The molecule has 31 heavy (non-hydrogen) atoms. The Kier molecular flexibility index (Phi) is 5.62. The molecule has 1 N–H and O–H groups in total. The fraction of sp³-hybridized carbons (Fsp3) is 0.333. The van der Waals surface area contributed by atoms with E-state index in [0.717, 1.165) is 25.1 Å². The number of nitrogens with one attached hydrogen (secondary N) is 1. The highest BCUT2D eigenvalue weighted by atomic mass is 19.4. The average Bonchev–Trinajstić information content (AvgIpc) is 3.14. The molecule has 0 saturated carbocycles. The highest BCUT2D eigenvalue weighted by Crippen LogP contribution is 2.31. The summed E-state index contributed by atoms with van der Waals surface area (Å²) in [5, 5.41) is 7.11. The average molecular weight is 430 g/mol. The van der Waals surface area contributed by atoms with E-state index >= 15 is 0 Å². The van der Waals surface area contributed by atoms with E-state index in [-0.39, 0.29) is 17.5 Å². The lowest BCUT2D eigenvalue weighted by atomic mass is 9.97. The number of halogens is 3. The molecule has 4 rings (SSSR count). The number of benzene rings is 1. The molecule has 1 aliphatic heterocycles. The number of amides is 1. The van der Waals surface area contributed by atoms with Gasteiger partial charge in [-0.15, -0.1) is 0 Å². The third-order valence-corrected chi connectivity index (χ3v) is 5.13. The van der Waals surface area contributed by atoms with Gasteiger partial charge in [0.15, 0.2) is 0 Å². The third-order valence-electron chi connectivity index (χ3n) is 5.13. The smallest absolute Gasteiger partial charge is 0.340 e. The molecule has 3 aromatic rings. The van der Waals surface area contributed by atoms with Crippen molar-refractivity contribution >= 4 is 17.7 Å². The van der Waals surface area contributed by atoms with E-state index in [1.807, 2.05) is 4.90 Å². The number of carbonyl (C=O) groups excluding carboxylic acids is 1. The minimum absolute atomic E-state index is 0.214. The molecule has 1 atom stereocenters. The summed E-state index contributed by atoms with van der Waals surface area (Å²) in [4.78, 5) is 23.4. The summed E-state index contributed by atoms with van der Waals surface area (Å²) < 4.78 is 40.6. The van der Waals surface area contributed by atoms with Crippen LogP contribution in [0.1, 0.15) is 24.1 Å². The second-order valence-corrected chi connectivity index (χ2v) is 7.45. The van der Waals surface area contributed by atoms with Crippen molar-refractivity contribution < 1.29 is 18.0 Å². The first-order chi connectivity index (χ1) is 14.8. The van der Waals surface area contributed by atoms with Crippen molar-refractivity contribution in [1.82, 2.24) is 19.7 Å². The first kappa shape index (κ1) is 20.8. The molecule has 0 spiro atoms. The zero-order chi connectivity index (χ0) is 22.0. The first-order valence-corrected chi connectivity index (χ1v) is 9.88. The summed E-state index contributed by atoms with van der Waals surface area (Å²) in [6.45, 7) is 2.94. The van der Waals surface area contributed by atoms with Gasteiger partial charge in [0.2, 0.25) is 11.9 Å². The molecule has 162 valence electrons. The van der Waals surface area contributed by atoms with Crippen LogP contribution in [-0.4, -0.2) is 38.7 Å². The minimum Gasteiger partial charge on any atom is -0.340 e. The zero-order valence-corrected chi connectivity index (χ0v) is 16.8. The van der Waals surface area contributed by atoms with E-state index in [0.29, 0.717) is 30.4 Å². The summed E-state index contributed by atoms with van der Waals surface area (Å²) >= 11 is 0. The standard InChI is InChI=1S/C21H21F3N6O/c1-14-11-18(30(28-14)17-7-2-6-16(12-17)21(22,23)24)27-19(31)15-5-3-10-29(13-15)20-25-8-4-9-26-20/h2,4,6-9,11-12,15H,3,5,10,13H2,1H3,(H,27,31). The van der Waals surface area contributed by atoms with Crippen LogP contribution < -0.4 is 10.2 Å². The van der Waals surface area contributed by atoms with Crippen LogP contribution in [-0.2, 0) is 11.0 Å². The highest BCUT2D eigenvalue weighted by Gasteiger charge is 2.31. The Balaban J connectivity index is 1.53. The molecule has 1 saturated heterocycles. The lowest BCUT2D eigenvalue weighted by Crippen LogP contribution is -2.41. The fourth-order valence-corrected chi connectivity index (χ4v) is 3.65. The predicted octanol–water partition coefficient (Wildman–Crippen LogP) is 3.84. The van der Waals surface area contributed by atoms with Crippen molar-refractivity contribution in [2.45, 2.75) is 25.9 Å². The Morgan fingerprint density at radius 1 is 1.16 bits per heavy atom. The molecule has 1 aliphatic rings. The van der Waals surface area contributed by atoms with E-state index in [1.54, 1.807) is 31.5 Å². The van der Waals surface area contributed by atoms with Crippen molar-refractivity contribution in [2.24, 2.45) is 5.92 Å². The summed E-state index contributed by atoms with van der Waals surface area (Å²) in [5.41, 5.74) is 0.0260. The number of hydrogen-bond acceptors (Lipinski definition) is 5. The number of aromatic nitrogens is 4. The normalized spacial score (nSPS) is 16.9. The molecule has 1 aromatic carbocycles. The molecule has 0 radical (unpaired) electrons. The van der Waals surface area contributed by atoms with Crippen LogP contribution in [0.3, 0.4) is 0 Å². The Bertz CT molecular complexity index is 1070. The van der Waals surface area contributed by atoms with Gasteiger partial charge in [-0.05, 0) is 44.0 Å². The third kappa shape index (κ3) is 4.68. The summed E-state index contributed by atoms with van der Waals surface area (Å²) in [6.07, 6.45) is 0.353. The van der Waals surface area contributed by atoms with Crippen LogP contribution in [0.15, 0.2) is 48.8 Å². The van der Waals surface area contributed by atoms with Crippen LogP contribution >= 0.6 is 0 Å². The molecular weight excluding hydrogens is 409 g/mol. The van der Waals surface area contributed by atoms with Crippen LogP contribution in [0.4, 0.5) is 24.9 Å². The van der Waals surface area contributed by atoms with Gasteiger partial charge in [-0.2, -0.15) is 18.3 Å². The number of aryl methyl sites for hydroxylation is 1. The van der Waals surface area contributed by atoms with Gasteiger partial charge >= 0.3 is 6.18 Å². The molecule has 0 bridgehead atoms. The van der Waals surface area contributed by atoms with Gasteiger partial charge in [-0.25, -0.2) is 14.6 Å². The van der Waals surface area contributed by atoms with Gasteiger partial charge in [-0.1, -0.05) is 6.07 Å². The van der Waals surface area contributed by atoms with Crippen molar-refractivity contribution in [1.29, 1.82) is 0 Å². The van der Waals surface area contributed by atoms with Gasteiger partial charge in [0, 0.05) is 31.5 Å². The van der Waals surface area contributed by atoms with Crippen molar-refractivity contribution in [2.75, 3.05) is 23.3 Å². The molecule has 2 aromatic heterocycles. The molecular formula is C21H21F3N6O. The van der Waals surface area contributed by atoms with E-state index in [2.05, 4.69) is 20.4 Å². The molecule has 0 aliphatic carbocycles. The van der Waals surface area contributed by atoms with Crippen LogP contribution in [0.5, 0.6) is 0 Å². The molecule has 1 amide bonds. The Hall–Kier alpha value is -3.43. The van der Waals surface area contributed by atoms with Gasteiger partial charge < -0.3 is 10.2 Å². The minimum atomic E-state index is -4.47. The molecule has 3 heterocycles. The number of rotatable bonds is 4. The van der Waals surface area contributed by atoms with Crippen LogP contribution in [0.2, 0.25) is 0 Å². The lowest BCUT2D eigenvalue weighted by molar-refractivity contribution is -0.137.